The predicted molar refractivity (Wildman–Crippen MR) is 134 cm³/mol. The van der Waals surface area contributed by atoms with Gasteiger partial charge in [-0.25, -0.2) is 9.97 Å². The molecule has 168 valence electrons. The second-order valence-corrected chi connectivity index (χ2v) is 9.44. The molecule has 2 aromatic carbocycles. The molecule has 1 unspecified atom stereocenters. The van der Waals surface area contributed by atoms with Crippen molar-refractivity contribution in [2.75, 3.05) is 45.4 Å². The minimum atomic E-state index is 0.118. The minimum Gasteiger partial charge on any atom is -0.493 e. The largest absolute Gasteiger partial charge is 0.493 e. The number of ether oxygens (including phenoxy) is 2. The lowest BCUT2D eigenvalue weighted by Gasteiger charge is -2.15. The van der Waals surface area contributed by atoms with Crippen LogP contribution in [-0.4, -0.2) is 66.1 Å². The third-order valence-electron chi connectivity index (χ3n) is 4.75. The Kier molecular flexibility index (Phi) is 7.25. The Hall–Kier alpha value is -2.26. The molecule has 4 rings (SSSR count). The molecule has 0 radical (unpaired) electrons. The van der Waals surface area contributed by atoms with Crippen molar-refractivity contribution in [1.82, 2.24) is 14.9 Å². The monoisotopic (exact) mass is 491 g/mol. The summed E-state index contributed by atoms with van der Waals surface area (Å²) in [6.45, 7) is 1.33. The molecule has 1 atom stereocenters. The summed E-state index contributed by atoms with van der Waals surface area (Å²) in [5, 5.41) is 6.16. The van der Waals surface area contributed by atoms with Crippen LogP contribution in [0.5, 0.6) is 11.5 Å². The van der Waals surface area contributed by atoms with Crippen LogP contribution in [0, 0.1) is 0 Å². The number of benzene rings is 2. The van der Waals surface area contributed by atoms with Crippen LogP contribution in [0.2, 0.25) is 10.0 Å². The molecule has 0 fully saturated rings. The summed E-state index contributed by atoms with van der Waals surface area (Å²) >= 11 is 13.9. The zero-order chi connectivity index (χ0) is 22.7. The van der Waals surface area contributed by atoms with Gasteiger partial charge in [0.15, 0.2) is 11.5 Å². The number of anilines is 2. The minimum absolute atomic E-state index is 0.118. The van der Waals surface area contributed by atoms with E-state index in [1.807, 2.05) is 32.3 Å². The molecule has 3 aromatic rings. The first kappa shape index (κ1) is 22.9. The average molecular weight is 492 g/mol. The number of aliphatic imine (C=N–C) groups is 1. The Morgan fingerprint density at radius 1 is 1.12 bits per heavy atom. The van der Waals surface area contributed by atoms with Gasteiger partial charge in [-0.15, -0.1) is 11.8 Å². The first-order valence-electron chi connectivity index (χ1n) is 9.94. The summed E-state index contributed by atoms with van der Waals surface area (Å²) in [7, 11) is 5.70. The predicted octanol–water partition coefficient (Wildman–Crippen LogP) is 5.14. The fourth-order valence-corrected chi connectivity index (χ4v) is 4.67. The maximum absolute atomic E-state index is 6.13. The molecule has 0 saturated carbocycles. The smallest absolute Gasteiger partial charge is 0.163 e. The Morgan fingerprint density at radius 2 is 1.97 bits per heavy atom. The molecular formula is C22H23Cl2N5O2S. The van der Waals surface area contributed by atoms with Gasteiger partial charge in [-0.05, 0) is 38.4 Å². The van der Waals surface area contributed by atoms with E-state index in [0.29, 0.717) is 34.0 Å². The van der Waals surface area contributed by atoms with Gasteiger partial charge in [-0.3, -0.25) is 4.99 Å². The van der Waals surface area contributed by atoms with Gasteiger partial charge in [0.2, 0.25) is 0 Å². The maximum atomic E-state index is 6.13. The lowest BCUT2D eigenvalue weighted by molar-refractivity contribution is 0.281. The van der Waals surface area contributed by atoms with Crippen molar-refractivity contribution in [1.29, 1.82) is 0 Å². The van der Waals surface area contributed by atoms with Gasteiger partial charge >= 0.3 is 0 Å². The molecule has 1 N–H and O–H groups in total. The van der Waals surface area contributed by atoms with Gasteiger partial charge in [0.1, 0.15) is 18.8 Å². The fraction of sp³-hybridized carbons (Fsp3) is 0.318. The molecule has 0 aliphatic carbocycles. The molecule has 0 saturated heterocycles. The Balaban J connectivity index is 1.55. The first-order chi connectivity index (χ1) is 15.4. The van der Waals surface area contributed by atoms with Crippen LogP contribution in [0.15, 0.2) is 41.7 Å². The van der Waals surface area contributed by atoms with Crippen LogP contribution >= 0.6 is 35.0 Å². The molecular weight excluding hydrogens is 469 g/mol. The van der Waals surface area contributed by atoms with Gasteiger partial charge in [0, 0.05) is 29.4 Å². The molecule has 0 amide bonds. The lowest BCUT2D eigenvalue weighted by atomic mass is 10.2. The molecule has 10 heteroatoms. The molecule has 0 spiro atoms. The standard InChI is InChI=1S/C22H23Cl2N5O2S/c1-29(2)9-21-27-14(11-32-21)10-31-20-8-18-15(7-19(20)30-3)22(26-12-25-18)28-13-4-5-16(23)17(24)6-13/h4-8,12,14H,9-11H2,1-3H3,(H,25,26,28). The summed E-state index contributed by atoms with van der Waals surface area (Å²) < 4.78 is 11.7. The number of halogens is 2. The highest BCUT2D eigenvalue weighted by Crippen LogP contribution is 2.36. The molecule has 1 aromatic heterocycles. The van der Waals surface area contributed by atoms with Crippen molar-refractivity contribution < 1.29 is 9.47 Å². The van der Waals surface area contributed by atoms with E-state index in [2.05, 4.69) is 20.2 Å². The second-order valence-electron chi connectivity index (χ2n) is 7.53. The highest BCUT2D eigenvalue weighted by molar-refractivity contribution is 8.14. The second kappa shape index (κ2) is 10.1. The number of hydrogen-bond acceptors (Lipinski definition) is 8. The molecule has 1 aliphatic heterocycles. The van der Waals surface area contributed by atoms with Crippen molar-refractivity contribution >= 4 is 62.4 Å². The average Bonchev–Trinajstić information content (AvgIpc) is 3.21. The Labute approximate surface area is 201 Å². The number of methoxy groups -OCH3 is 1. The normalized spacial score (nSPS) is 15.8. The van der Waals surface area contributed by atoms with Gasteiger partial charge < -0.3 is 19.7 Å². The van der Waals surface area contributed by atoms with E-state index < -0.39 is 0 Å². The number of fused-ring (bicyclic) bond motifs is 1. The van der Waals surface area contributed by atoms with E-state index in [-0.39, 0.29) is 6.04 Å². The topological polar surface area (TPSA) is 71.9 Å². The molecule has 32 heavy (non-hydrogen) atoms. The van der Waals surface area contributed by atoms with E-state index in [9.17, 15) is 0 Å². The van der Waals surface area contributed by atoms with Crippen LogP contribution in [-0.2, 0) is 0 Å². The Bertz CT molecular complexity index is 1160. The lowest BCUT2D eigenvalue weighted by Crippen LogP contribution is -2.19. The molecule has 0 bridgehead atoms. The maximum Gasteiger partial charge on any atom is 0.163 e. The van der Waals surface area contributed by atoms with Crippen LogP contribution in [0.3, 0.4) is 0 Å². The summed E-state index contributed by atoms with van der Waals surface area (Å²) in [5.74, 6) is 2.77. The van der Waals surface area contributed by atoms with E-state index in [0.717, 1.165) is 33.9 Å². The first-order valence-corrected chi connectivity index (χ1v) is 11.7. The molecule has 1 aliphatic rings. The number of nitrogens with zero attached hydrogens (tertiary/aromatic N) is 4. The summed E-state index contributed by atoms with van der Waals surface area (Å²) in [6, 6.07) is 9.17. The van der Waals surface area contributed by atoms with Gasteiger partial charge in [0.05, 0.1) is 33.8 Å². The van der Waals surface area contributed by atoms with Crippen LogP contribution in [0.4, 0.5) is 11.5 Å². The van der Waals surface area contributed by atoms with Gasteiger partial charge in [0.25, 0.3) is 0 Å². The summed E-state index contributed by atoms with van der Waals surface area (Å²) in [5.41, 5.74) is 1.50. The number of aromatic nitrogens is 2. The van der Waals surface area contributed by atoms with Crippen LogP contribution in [0.25, 0.3) is 10.9 Å². The van der Waals surface area contributed by atoms with Crippen LogP contribution < -0.4 is 14.8 Å². The van der Waals surface area contributed by atoms with Crippen molar-refractivity contribution in [2.24, 2.45) is 4.99 Å². The zero-order valence-corrected chi connectivity index (χ0v) is 20.3. The number of hydrogen-bond donors (Lipinski definition) is 1. The highest BCUT2D eigenvalue weighted by atomic mass is 35.5. The van der Waals surface area contributed by atoms with E-state index in [1.54, 1.807) is 31.0 Å². The Morgan fingerprint density at radius 3 is 2.72 bits per heavy atom. The van der Waals surface area contributed by atoms with Crippen molar-refractivity contribution in [3.63, 3.8) is 0 Å². The number of nitrogens with one attached hydrogen (secondary N) is 1. The molecule has 2 heterocycles. The van der Waals surface area contributed by atoms with E-state index in [4.69, 9.17) is 37.7 Å². The summed E-state index contributed by atoms with van der Waals surface area (Å²) in [4.78, 5) is 15.7. The van der Waals surface area contributed by atoms with Crippen molar-refractivity contribution in [2.45, 2.75) is 6.04 Å². The SMILES string of the molecule is COc1cc2c(Nc3ccc(Cl)c(Cl)c3)ncnc2cc1OCC1CSC(CN(C)C)=N1. The van der Waals surface area contributed by atoms with Gasteiger partial charge in [-0.1, -0.05) is 23.2 Å². The van der Waals surface area contributed by atoms with Crippen molar-refractivity contribution in [3.05, 3.63) is 46.7 Å². The van der Waals surface area contributed by atoms with Crippen molar-refractivity contribution in [3.8, 4) is 11.5 Å². The third-order valence-corrected chi connectivity index (χ3v) is 6.61. The summed E-state index contributed by atoms with van der Waals surface area (Å²) in [6.07, 6.45) is 1.50. The van der Waals surface area contributed by atoms with E-state index in [1.165, 1.54) is 6.33 Å². The van der Waals surface area contributed by atoms with Crippen LogP contribution in [0.1, 0.15) is 0 Å². The number of rotatable bonds is 8. The zero-order valence-electron chi connectivity index (χ0n) is 17.9. The molecule has 7 nitrogen and oxygen atoms in total. The number of thioether (sulfide) groups is 1. The van der Waals surface area contributed by atoms with E-state index >= 15 is 0 Å². The third kappa shape index (κ3) is 5.38. The highest BCUT2D eigenvalue weighted by Gasteiger charge is 2.20. The van der Waals surface area contributed by atoms with Gasteiger partial charge in [-0.2, -0.15) is 0 Å². The fourth-order valence-electron chi connectivity index (χ4n) is 3.25. The quantitative estimate of drug-likeness (QED) is 0.467.